The maximum atomic E-state index is 11.5. The van der Waals surface area contributed by atoms with Crippen LogP contribution < -0.4 is 5.48 Å². The van der Waals surface area contributed by atoms with Crippen LogP contribution in [-0.2, 0) is 6.42 Å². The second-order valence-corrected chi connectivity index (χ2v) is 5.90. The zero-order valence-electron chi connectivity index (χ0n) is 12.9. The maximum Gasteiger partial charge on any atom is 0.274 e. The second-order valence-electron chi connectivity index (χ2n) is 5.90. The predicted octanol–water partition coefficient (Wildman–Crippen LogP) is 4.03. The molecule has 1 heterocycles. The van der Waals surface area contributed by atoms with Crippen molar-refractivity contribution in [2.45, 2.75) is 6.42 Å². The van der Waals surface area contributed by atoms with Gasteiger partial charge in [-0.05, 0) is 39.9 Å². The van der Waals surface area contributed by atoms with E-state index in [4.69, 9.17) is 5.21 Å². The van der Waals surface area contributed by atoms with Crippen LogP contribution >= 0.6 is 0 Å². The van der Waals surface area contributed by atoms with Crippen LogP contribution in [0.5, 0.6) is 0 Å². The Hall–Kier alpha value is -3.11. The van der Waals surface area contributed by atoms with Crippen LogP contribution in [0.15, 0.2) is 66.7 Å². The van der Waals surface area contributed by atoms with E-state index in [0.29, 0.717) is 5.56 Å². The quantitative estimate of drug-likeness (QED) is 0.394. The van der Waals surface area contributed by atoms with Crippen LogP contribution in [0.1, 0.15) is 21.6 Å². The Morgan fingerprint density at radius 1 is 0.917 bits per heavy atom. The van der Waals surface area contributed by atoms with E-state index in [1.165, 1.54) is 16.3 Å². The summed E-state index contributed by atoms with van der Waals surface area (Å²) in [6, 6.07) is 22.2. The van der Waals surface area contributed by atoms with Gasteiger partial charge in [-0.1, -0.05) is 48.5 Å². The standard InChI is InChI=1S/C20H16N2O2/c23-20(22-24)17-8-7-16-11-18(21-19(16)12-17)10-13-5-6-14-3-1-2-4-15(14)9-13/h1-9,11-12,21,24H,10H2,(H,22,23). The van der Waals surface area contributed by atoms with Crippen molar-refractivity contribution in [1.29, 1.82) is 0 Å². The van der Waals surface area contributed by atoms with E-state index in [1.54, 1.807) is 17.6 Å². The summed E-state index contributed by atoms with van der Waals surface area (Å²) in [6.45, 7) is 0. The Morgan fingerprint density at radius 2 is 1.71 bits per heavy atom. The Bertz CT molecular complexity index is 1050. The minimum atomic E-state index is -0.512. The molecule has 118 valence electrons. The van der Waals surface area contributed by atoms with Crippen molar-refractivity contribution in [2.24, 2.45) is 0 Å². The van der Waals surface area contributed by atoms with Gasteiger partial charge < -0.3 is 4.98 Å². The molecule has 1 amide bonds. The number of aromatic nitrogens is 1. The van der Waals surface area contributed by atoms with E-state index < -0.39 is 5.91 Å². The summed E-state index contributed by atoms with van der Waals surface area (Å²) in [5, 5.41) is 12.2. The number of carbonyl (C=O) groups excluding carboxylic acids is 1. The first-order valence-electron chi connectivity index (χ1n) is 7.77. The number of fused-ring (bicyclic) bond motifs is 2. The summed E-state index contributed by atoms with van der Waals surface area (Å²) in [4.78, 5) is 14.9. The molecule has 3 N–H and O–H groups in total. The number of amides is 1. The van der Waals surface area contributed by atoms with Crippen molar-refractivity contribution in [3.63, 3.8) is 0 Å². The minimum absolute atomic E-state index is 0.420. The summed E-state index contributed by atoms with van der Waals surface area (Å²) in [6.07, 6.45) is 0.793. The Balaban J connectivity index is 1.66. The van der Waals surface area contributed by atoms with Gasteiger partial charge >= 0.3 is 0 Å². The highest BCUT2D eigenvalue weighted by Gasteiger charge is 2.08. The molecular weight excluding hydrogens is 300 g/mol. The van der Waals surface area contributed by atoms with E-state index in [0.717, 1.165) is 23.0 Å². The van der Waals surface area contributed by atoms with Crippen molar-refractivity contribution in [3.8, 4) is 0 Å². The Labute approximate surface area is 138 Å². The summed E-state index contributed by atoms with van der Waals surface area (Å²) in [5.41, 5.74) is 5.27. The lowest BCUT2D eigenvalue weighted by molar-refractivity contribution is 0.0706. The minimum Gasteiger partial charge on any atom is -0.358 e. The molecule has 0 radical (unpaired) electrons. The van der Waals surface area contributed by atoms with Gasteiger partial charge in [0.2, 0.25) is 0 Å². The number of hydroxylamine groups is 1. The average molecular weight is 316 g/mol. The van der Waals surface area contributed by atoms with Gasteiger partial charge in [0.15, 0.2) is 0 Å². The average Bonchev–Trinajstić information content (AvgIpc) is 3.02. The SMILES string of the molecule is O=C(NO)c1ccc2cc(Cc3ccc4ccccc4c3)[nH]c2c1. The van der Waals surface area contributed by atoms with E-state index in [-0.39, 0.29) is 0 Å². The number of H-pyrrole nitrogens is 1. The Kier molecular flexibility index (Phi) is 3.52. The lowest BCUT2D eigenvalue weighted by Crippen LogP contribution is -2.18. The number of rotatable bonds is 3. The summed E-state index contributed by atoms with van der Waals surface area (Å²) < 4.78 is 0. The first-order valence-corrected chi connectivity index (χ1v) is 7.77. The second kappa shape index (κ2) is 5.83. The molecule has 0 atom stereocenters. The third-order valence-corrected chi connectivity index (χ3v) is 4.25. The molecule has 3 aromatic carbocycles. The van der Waals surface area contributed by atoms with E-state index in [2.05, 4.69) is 41.4 Å². The van der Waals surface area contributed by atoms with E-state index in [9.17, 15) is 4.79 Å². The molecule has 0 saturated carbocycles. The third kappa shape index (κ3) is 2.64. The molecule has 4 aromatic rings. The molecule has 1 aromatic heterocycles. The van der Waals surface area contributed by atoms with Gasteiger partial charge in [-0.15, -0.1) is 0 Å². The molecular formula is C20H16N2O2. The van der Waals surface area contributed by atoms with Crippen LogP contribution in [0.4, 0.5) is 0 Å². The number of carbonyl (C=O) groups is 1. The molecule has 4 heteroatoms. The number of hydrogen-bond donors (Lipinski definition) is 3. The fraction of sp³-hybridized carbons (Fsp3) is 0.0500. The number of benzene rings is 3. The van der Waals surface area contributed by atoms with Gasteiger partial charge in [-0.2, -0.15) is 0 Å². The third-order valence-electron chi connectivity index (χ3n) is 4.25. The highest BCUT2D eigenvalue weighted by Crippen LogP contribution is 2.21. The molecule has 0 unspecified atom stereocenters. The van der Waals surface area contributed by atoms with Gasteiger partial charge in [-0.25, -0.2) is 5.48 Å². The van der Waals surface area contributed by atoms with E-state index in [1.807, 2.05) is 18.2 Å². The maximum absolute atomic E-state index is 11.5. The molecule has 4 rings (SSSR count). The van der Waals surface area contributed by atoms with Crippen LogP contribution in [0.3, 0.4) is 0 Å². The van der Waals surface area contributed by atoms with Gasteiger partial charge in [0, 0.05) is 23.2 Å². The highest BCUT2D eigenvalue weighted by molar-refractivity contribution is 5.97. The molecule has 0 bridgehead atoms. The molecule has 0 saturated heterocycles. The van der Waals surface area contributed by atoms with Gasteiger partial charge in [0.25, 0.3) is 5.91 Å². The van der Waals surface area contributed by atoms with Crippen molar-refractivity contribution in [3.05, 3.63) is 83.6 Å². The highest BCUT2D eigenvalue weighted by atomic mass is 16.5. The van der Waals surface area contributed by atoms with Crippen LogP contribution in [0.2, 0.25) is 0 Å². The predicted molar refractivity (Wildman–Crippen MR) is 94.3 cm³/mol. The van der Waals surface area contributed by atoms with Gasteiger partial charge in [-0.3, -0.25) is 10.0 Å². The summed E-state index contributed by atoms with van der Waals surface area (Å²) in [7, 11) is 0. The van der Waals surface area contributed by atoms with Crippen LogP contribution in [-0.4, -0.2) is 16.1 Å². The van der Waals surface area contributed by atoms with Crippen molar-refractivity contribution in [1.82, 2.24) is 10.5 Å². The van der Waals surface area contributed by atoms with Gasteiger partial charge in [0.1, 0.15) is 0 Å². The summed E-state index contributed by atoms with van der Waals surface area (Å²) in [5.74, 6) is -0.512. The van der Waals surface area contributed by atoms with Crippen LogP contribution in [0.25, 0.3) is 21.7 Å². The first kappa shape index (κ1) is 14.5. The van der Waals surface area contributed by atoms with Crippen molar-refractivity contribution >= 4 is 27.6 Å². The molecule has 0 spiro atoms. The zero-order valence-corrected chi connectivity index (χ0v) is 12.9. The fourth-order valence-electron chi connectivity index (χ4n) is 3.06. The van der Waals surface area contributed by atoms with Crippen molar-refractivity contribution < 1.29 is 10.0 Å². The largest absolute Gasteiger partial charge is 0.358 e. The molecule has 24 heavy (non-hydrogen) atoms. The Morgan fingerprint density at radius 3 is 2.54 bits per heavy atom. The molecule has 0 fully saturated rings. The number of aromatic amines is 1. The lowest BCUT2D eigenvalue weighted by atomic mass is 10.0. The van der Waals surface area contributed by atoms with Crippen molar-refractivity contribution in [2.75, 3.05) is 0 Å². The summed E-state index contributed by atoms with van der Waals surface area (Å²) >= 11 is 0. The molecule has 0 aliphatic rings. The molecule has 0 aliphatic heterocycles. The van der Waals surface area contributed by atoms with E-state index >= 15 is 0 Å². The zero-order chi connectivity index (χ0) is 16.5. The fourth-order valence-corrected chi connectivity index (χ4v) is 3.06. The van der Waals surface area contributed by atoms with Gasteiger partial charge in [0.05, 0.1) is 0 Å². The number of nitrogens with one attached hydrogen (secondary N) is 2. The molecule has 4 nitrogen and oxygen atoms in total. The normalized spacial score (nSPS) is 11.0. The topological polar surface area (TPSA) is 65.1 Å². The smallest absolute Gasteiger partial charge is 0.274 e. The van der Waals surface area contributed by atoms with Crippen LogP contribution in [0, 0.1) is 0 Å². The number of hydrogen-bond acceptors (Lipinski definition) is 2. The lowest BCUT2D eigenvalue weighted by Gasteiger charge is -2.02. The first-order chi connectivity index (χ1) is 11.7. The molecule has 0 aliphatic carbocycles. The monoisotopic (exact) mass is 316 g/mol.